The molecule has 0 unspecified atom stereocenters. The first-order valence-corrected chi connectivity index (χ1v) is 10.7. The smallest absolute Gasteiger partial charge is 0.159 e. The second-order valence-corrected chi connectivity index (χ2v) is 7.87. The summed E-state index contributed by atoms with van der Waals surface area (Å²) in [6.45, 7) is 3.86. The third-order valence-electron chi connectivity index (χ3n) is 4.43. The molecule has 0 N–H and O–H groups in total. The van der Waals surface area contributed by atoms with Crippen LogP contribution in [-0.2, 0) is 0 Å². The van der Waals surface area contributed by atoms with E-state index in [1.54, 1.807) is 6.92 Å². The van der Waals surface area contributed by atoms with Crippen LogP contribution < -0.4 is 0 Å². The second kappa shape index (κ2) is 11.7. The van der Waals surface area contributed by atoms with E-state index in [2.05, 4.69) is 43.3 Å². The zero-order chi connectivity index (χ0) is 18.6. The van der Waals surface area contributed by atoms with Gasteiger partial charge in [-0.15, -0.1) is 11.8 Å². The summed E-state index contributed by atoms with van der Waals surface area (Å²) in [6.07, 6.45) is 12.3. The van der Waals surface area contributed by atoms with Gasteiger partial charge in [0.1, 0.15) is 0 Å². The maximum atomic E-state index is 11.3. The molecule has 0 heterocycles. The van der Waals surface area contributed by atoms with Crippen LogP contribution in [0, 0.1) is 0 Å². The average Bonchev–Trinajstić information content (AvgIpc) is 2.67. The molecule has 0 radical (unpaired) electrons. The number of rotatable bonds is 11. The molecule has 2 aromatic carbocycles. The van der Waals surface area contributed by atoms with E-state index in [0.717, 1.165) is 11.1 Å². The first-order valence-electron chi connectivity index (χ1n) is 9.71. The molecule has 0 saturated carbocycles. The summed E-state index contributed by atoms with van der Waals surface area (Å²) in [4.78, 5) is 12.6. The Labute approximate surface area is 162 Å². The highest BCUT2D eigenvalue weighted by Crippen LogP contribution is 2.21. The van der Waals surface area contributed by atoms with Crippen LogP contribution in [0.3, 0.4) is 0 Å². The van der Waals surface area contributed by atoms with Crippen LogP contribution in [-0.4, -0.2) is 11.5 Å². The minimum Gasteiger partial charge on any atom is -0.295 e. The molecule has 0 amide bonds. The summed E-state index contributed by atoms with van der Waals surface area (Å²) in [7, 11) is 0. The highest BCUT2D eigenvalue weighted by Gasteiger charge is 1.98. The van der Waals surface area contributed by atoms with Crippen molar-refractivity contribution in [2.75, 3.05) is 5.75 Å². The Morgan fingerprint density at radius 2 is 1.35 bits per heavy atom. The fraction of sp³-hybridized carbons (Fsp3) is 0.375. The summed E-state index contributed by atoms with van der Waals surface area (Å²) in [5.74, 6) is 1.32. The van der Waals surface area contributed by atoms with Gasteiger partial charge in [-0.05, 0) is 42.4 Å². The lowest BCUT2D eigenvalue weighted by molar-refractivity contribution is 0.101. The van der Waals surface area contributed by atoms with Crippen LogP contribution in [0.5, 0.6) is 0 Å². The molecule has 0 aliphatic heterocycles. The number of Topliss-reactive ketones (excluding diaryl/α,β-unsaturated/α-hetero) is 1. The average molecular weight is 367 g/mol. The molecule has 138 valence electrons. The Morgan fingerprint density at radius 1 is 0.808 bits per heavy atom. The Bertz CT molecular complexity index is 683. The molecule has 0 saturated heterocycles. The summed E-state index contributed by atoms with van der Waals surface area (Å²) >= 11 is 1.96. The zero-order valence-corrected chi connectivity index (χ0v) is 16.9. The SMILES string of the molecule is CCCCCCCCSc1ccc(C=Cc2ccc(C(C)=O)cc2)cc1. The van der Waals surface area contributed by atoms with E-state index in [9.17, 15) is 4.79 Å². The van der Waals surface area contributed by atoms with Crippen molar-refractivity contribution < 1.29 is 4.79 Å². The minimum atomic E-state index is 0.106. The molecule has 0 aliphatic rings. The van der Waals surface area contributed by atoms with E-state index in [0.29, 0.717) is 0 Å². The first-order chi connectivity index (χ1) is 12.7. The summed E-state index contributed by atoms with van der Waals surface area (Å²) in [6, 6.07) is 16.5. The standard InChI is InChI=1S/C24H30OS/c1-3-4-5-6-7-8-19-26-24-17-13-22(14-18-24)10-9-21-11-15-23(16-12-21)20(2)25/h9-18H,3-8,19H2,1-2H3. The normalized spacial score (nSPS) is 11.2. The van der Waals surface area contributed by atoms with Crippen molar-refractivity contribution in [1.29, 1.82) is 0 Å². The highest BCUT2D eigenvalue weighted by molar-refractivity contribution is 7.99. The van der Waals surface area contributed by atoms with E-state index in [-0.39, 0.29) is 5.78 Å². The van der Waals surface area contributed by atoms with Gasteiger partial charge < -0.3 is 0 Å². The van der Waals surface area contributed by atoms with E-state index in [4.69, 9.17) is 0 Å². The third kappa shape index (κ3) is 7.61. The molecule has 0 aromatic heterocycles. The van der Waals surface area contributed by atoms with Crippen molar-refractivity contribution in [1.82, 2.24) is 0 Å². The van der Waals surface area contributed by atoms with Crippen molar-refractivity contribution >= 4 is 29.7 Å². The minimum absolute atomic E-state index is 0.106. The number of benzene rings is 2. The second-order valence-electron chi connectivity index (χ2n) is 6.70. The lowest BCUT2D eigenvalue weighted by Gasteiger charge is -2.03. The van der Waals surface area contributed by atoms with Crippen LogP contribution in [0.4, 0.5) is 0 Å². The van der Waals surface area contributed by atoms with E-state index >= 15 is 0 Å². The molecule has 2 aromatic rings. The topological polar surface area (TPSA) is 17.1 Å². The van der Waals surface area contributed by atoms with Gasteiger partial charge in [-0.1, -0.05) is 87.6 Å². The number of unbranched alkanes of at least 4 members (excludes halogenated alkanes) is 5. The molecule has 0 fully saturated rings. The predicted octanol–water partition coefficient (Wildman–Crippen LogP) is 7.51. The number of thioether (sulfide) groups is 1. The maximum Gasteiger partial charge on any atom is 0.159 e. The molecule has 1 nitrogen and oxygen atoms in total. The van der Waals surface area contributed by atoms with Crippen LogP contribution in [0.1, 0.15) is 73.9 Å². The van der Waals surface area contributed by atoms with Gasteiger partial charge >= 0.3 is 0 Å². The summed E-state index contributed by atoms with van der Waals surface area (Å²) < 4.78 is 0. The number of carbonyl (C=O) groups is 1. The molecule has 0 bridgehead atoms. The number of hydrogen-bond donors (Lipinski definition) is 0. The summed E-state index contributed by atoms with van der Waals surface area (Å²) in [5, 5.41) is 0. The van der Waals surface area contributed by atoms with Gasteiger partial charge in [-0.3, -0.25) is 4.79 Å². The molecule has 26 heavy (non-hydrogen) atoms. The number of carbonyl (C=O) groups excluding carboxylic acids is 1. The maximum absolute atomic E-state index is 11.3. The largest absolute Gasteiger partial charge is 0.295 e. The van der Waals surface area contributed by atoms with Crippen LogP contribution in [0.15, 0.2) is 53.4 Å². The lowest BCUT2D eigenvalue weighted by atomic mass is 10.1. The first kappa shape index (κ1) is 20.5. The Kier molecular flexibility index (Phi) is 9.27. The molecule has 0 aliphatic carbocycles. The zero-order valence-electron chi connectivity index (χ0n) is 16.0. The third-order valence-corrected chi connectivity index (χ3v) is 5.53. The van der Waals surface area contributed by atoms with Gasteiger partial charge in [0.05, 0.1) is 0 Å². The summed E-state index contributed by atoms with van der Waals surface area (Å²) in [5.41, 5.74) is 3.06. The fourth-order valence-electron chi connectivity index (χ4n) is 2.77. The van der Waals surface area contributed by atoms with Crippen molar-refractivity contribution in [2.24, 2.45) is 0 Å². The van der Waals surface area contributed by atoms with E-state index < -0.39 is 0 Å². The van der Waals surface area contributed by atoms with Crippen LogP contribution in [0.25, 0.3) is 12.2 Å². The number of hydrogen-bond acceptors (Lipinski definition) is 2. The Balaban J connectivity index is 1.75. The molecule has 2 rings (SSSR count). The molecule has 0 spiro atoms. The fourth-order valence-corrected chi connectivity index (χ4v) is 3.68. The van der Waals surface area contributed by atoms with Crippen molar-refractivity contribution in [3.63, 3.8) is 0 Å². The van der Waals surface area contributed by atoms with Gasteiger partial charge in [-0.2, -0.15) is 0 Å². The lowest BCUT2D eigenvalue weighted by Crippen LogP contribution is -1.90. The van der Waals surface area contributed by atoms with Gasteiger partial charge in [0, 0.05) is 10.5 Å². The number of ketones is 1. The Morgan fingerprint density at radius 3 is 1.92 bits per heavy atom. The van der Waals surface area contributed by atoms with Crippen LogP contribution >= 0.6 is 11.8 Å². The van der Waals surface area contributed by atoms with Gasteiger partial charge in [-0.25, -0.2) is 0 Å². The molecular formula is C24H30OS. The highest BCUT2D eigenvalue weighted by atomic mass is 32.2. The monoisotopic (exact) mass is 366 g/mol. The van der Waals surface area contributed by atoms with Gasteiger partial charge in [0.15, 0.2) is 5.78 Å². The van der Waals surface area contributed by atoms with Crippen LogP contribution in [0.2, 0.25) is 0 Å². The molecule has 2 heteroatoms. The van der Waals surface area contributed by atoms with E-state index in [1.165, 1.54) is 54.7 Å². The Hall–Kier alpha value is -1.80. The predicted molar refractivity (Wildman–Crippen MR) is 116 cm³/mol. The van der Waals surface area contributed by atoms with Gasteiger partial charge in [0.25, 0.3) is 0 Å². The van der Waals surface area contributed by atoms with Crippen molar-refractivity contribution in [3.05, 3.63) is 65.2 Å². The van der Waals surface area contributed by atoms with E-state index in [1.807, 2.05) is 36.0 Å². The van der Waals surface area contributed by atoms with Crippen molar-refractivity contribution in [2.45, 2.75) is 57.3 Å². The quantitative estimate of drug-likeness (QED) is 0.177. The molecular weight excluding hydrogens is 336 g/mol. The molecule has 0 atom stereocenters. The van der Waals surface area contributed by atoms with Gasteiger partial charge in [0.2, 0.25) is 0 Å². The van der Waals surface area contributed by atoms with Crippen molar-refractivity contribution in [3.8, 4) is 0 Å².